The van der Waals surface area contributed by atoms with Gasteiger partial charge in [-0.2, -0.15) is 0 Å². The molecule has 0 aliphatic carbocycles. The Labute approximate surface area is 93.4 Å². The molecular weight excluding hydrogens is 202 g/mol. The van der Waals surface area contributed by atoms with Crippen LogP contribution in [0.4, 0.5) is 0 Å². The van der Waals surface area contributed by atoms with Crippen LogP contribution in [0.3, 0.4) is 0 Å². The number of carbonyl (C=O) groups excluding carboxylic acids is 1. The van der Waals surface area contributed by atoms with Crippen molar-refractivity contribution >= 4 is 22.9 Å². The lowest BCUT2D eigenvalue weighted by Gasteiger charge is -2.05. The Morgan fingerprint density at radius 2 is 2.19 bits per heavy atom. The highest BCUT2D eigenvalue weighted by atomic mass is 16.5. The Hall–Kier alpha value is -2.16. The number of aromatic nitrogens is 1. The summed E-state index contributed by atoms with van der Waals surface area (Å²) in [4.78, 5) is 15.3. The number of esters is 1. The third-order valence-electron chi connectivity index (χ3n) is 2.17. The van der Waals surface area contributed by atoms with Gasteiger partial charge in [0.1, 0.15) is 5.52 Å². The van der Waals surface area contributed by atoms with E-state index in [1.165, 1.54) is 6.92 Å². The lowest BCUT2D eigenvalue weighted by molar-refractivity contribution is -0.131. The monoisotopic (exact) mass is 213 g/mol. The van der Waals surface area contributed by atoms with Crippen molar-refractivity contribution in [2.24, 2.45) is 0 Å². The van der Waals surface area contributed by atoms with Crippen LogP contribution in [-0.4, -0.2) is 11.0 Å². The van der Waals surface area contributed by atoms with Gasteiger partial charge in [0.15, 0.2) is 5.75 Å². The molecule has 80 valence electrons. The van der Waals surface area contributed by atoms with E-state index in [2.05, 4.69) is 11.6 Å². The van der Waals surface area contributed by atoms with Crippen molar-refractivity contribution in [3.63, 3.8) is 0 Å². The summed E-state index contributed by atoms with van der Waals surface area (Å²) in [7, 11) is 0. The molecule has 16 heavy (non-hydrogen) atoms. The summed E-state index contributed by atoms with van der Waals surface area (Å²) < 4.78 is 5.09. The zero-order valence-corrected chi connectivity index (χ0v) is 8.93. The Bertz CT molecular complexity index is 561. The molecule has 0 bridgehead atoms. The van der Waals surface area contributed by atoms with Crippen LogP contribution in [0.25, 0.3) is 17.0 Å². The van der Waals surface area contributed by atoms with Crippen molar-refractivity contribution in [3.8, 4) is 5.75 Å². The zero-order valence-electron chi connectivity index (χ0n) is 8.93. The van der Waals surface area contributed by atoms with Gasteiger partial charge in [0, 0.05) is 12.3 Å². The molecule has 0 saturated heterocycles. The van der Waals surface area contributed by atoms with E-state index in [0.29, 0.717) is 11.3 Å². The van der Waals surface area contributed by atoms with Gasteiger partial charge in [-0.05, 0) is 18.2 Å². The maximum absolute atomic E-state index is 10.9. The molecule has 1 aromatic carbocycles. The van der Waals surface area contributed by atoms with E-state index in [1.807, 2.05) is 24.3 Å². The van der Waals surface area contributed by atoms with Crippen molar-refractivity contribution in [1.29, 1.82) is 0 Å². The highest BCUT2D eigenvalue weighted by Crippen LogP contribution is 2.24. The molecule has 3 nitrogen and oxygen atoms in total. The summed E-state index contributed by atoms with van der Waals surface area (Å²) in [6.45, 7) is 5.03. The molecule has 0 N–H and O–H groups in total. The number of benzene rings is 1. The van der Waals surface area contributed by atoms with Crippen LogP contribution in [0.5, 0.6) is 5.75 Å². The molecule has 1 aromatic heterocycles. The summed E-state index contributed by atoms with van der Waals surface area (Å²) in [6.07, 6.45) is 1.66. The molecule has 3 heteroatoms. The van der Waals surface area contributed by atoms with Crippen molar-refractivity contribution in [2.45, 2.75) is 6.92 Å². The first-order chi connectivity index (χ1) is 7.70. The van der Waals surface area contributed by atoms with E-state index in [9.17, 15) is 4.79 Å². The lowest BCUT2D eigenvalue weighted by Crippen LogP contribution is -2.02. The molecule has 0 spiro atoms. The van der Waals surface area contributed by atoms with E-state index < -0.39 is 0 Å². The van der Waals surface area contributed by atoms with Gasteiger partial charge in [-0.15, -0.1) is 0 Å². The van der Waals surface area contributed by atoms with E-state index >= 15 is 0 Å². The van der Waals surface area contributed by atoms with E-state index in [1.54, 1.807) is 12.1 Å². The van der Waals surface area contributed by atoms with Crippen LogP contribution < -0.4 is 4.74 Å². The summed E-state index contributed by atoms with van der Waals surface area (Å²) in [5.74, 6) is 0.131. The van der Waals surface area contributed by atoms with Crippen LogP contribution >= 0.6 is 0 Å². The number of carbonyl (C=O) groups is 1. The van der Waals surface area contributed by atoms with Gasteiger partial charge in [-0.3, -0.25) is 4.79 Å². The fraction of sp³-hybridized carbons (Fsp3) is 0.0769. The second-order valence-corrected chi connectivity index (χ2v) is 3.36. The number of nitrogens with zero attached hydrogens (tertiary/aromatic N) is 1. The van der Waals surface area contributed by atoms with E-state index in [0.717, 1.165) is 11.1 Å². The van der Waals surface area contributed by atoms with Crippen molar-refractivity contribution in [2.75, 3.05) is 0 Å². The molecule has 0 amide bonds. The normalized spacial score (nSPS) is 10.1. The average molecular weight is 213 g/mol. The molecular formula is C13H11NO2. The Balaban J connectivity index is 2.63. The van der Waals surface area contributed by atoms with Crippen molar-refractivity contribution < 1.29 is 9.53 Å². The molecule has 0 saturated carbocycles. The zero-order chi connectivity index (χ0) is 11.5. The number of fused-ring (bicyclic) bond motifs is 1. The van der Waals surface area contributed by atoms with Gasteiger partial charge >= 0.3 is 5.97 Å². The fourth-order valence-corrected chi connectivity index (χ4v) is 1.49. The number of rotatable bonds is 2. The van der Waals surface area contributed by atoms with Crippen LogP contribution in [-0.2, 0) is 4.79 Å². The first-order valence-corrected chi connectivity index (χ1v) is 4.91. The fourth-order valence-electron chi connectivity index (χ4n) is 1.49. The highest BCUT2D eigenvalue weighted by molar-refractivity contribution is 5.87. The largest absolute Gasteiger partial charge is 0.424 e. The molecule has 2 aromatic rings. The second kappa shape index (κ2) is 4.14. The third-order valence-corrected chi connectivity index (χ3v) is 2.17. The van der Waals surface area contributed by atoms with Crippen molar-refractivity contribution in [1.82, 2.24) is 4.98 Å². The number of hydrogen-bond donors (Lipinski definition) is 0. The smallest absolute Gasteiger partial charge is 0.308 e. The van der Waals surface area contributed by atoms with Crippen LogP contribution in [0.15, 0.2) is 36.9 Å². The minimum Gasteiger partial charge on any atom is -0.424 e. The van der Waals surface area contributed by atoms with Gasteiger partial charge in [0.05, 0.1) is 5.69 Å². The molecule has 0 fully saturated rings. The topological polar surface area (TPSA) is 39.2 Å². The minimum absolute atomic E-state index is 0.349. The van der Waals surface area contributed by atoms with Crippen LogP contribution in [0.1, 0.15) is 12.6 Å². The standard InChI is InChI=1S/C13H11NO2/c1-3-11-8-7-10-5-4-6-12(13(10)14-11)16-9(2)15/h3-8H,1H2,2H3. The number of ether oxygens (including phenoxy) is 1. The van der Waals surface area contributed by atoms with E-state index in [4.69, 9.17) is 4.74 Å². The molecule has 0 radical (unpaired) electrons. The lowest BCUT2D eigenvalue weighted by atomic mass is 10.2. The molecule has 0 atom stereocenters. The third kappa shape index (κ3) is 1.93. The average Bonchev–Trinajstić information content (AvgIpc) is 2.28. The quantitative estimate of drug-likeness (QED) is 0.568. The number of pyridine rings is 1. The molecule has 2 rings (SSSR count). The Kier molecular flexibility index (Phi) is 2.68. The van der Waals surface area contributed by atoms with Gasteiger partial charge in [-0.25, -0.2) is 4.98 Å². The molecule has 0 aliphatic rings. The number of para-hydroxylation sites is 1. The highest BCUT2D eigenvalue weighted by Gasteiger charge is 2.05. The van der Waals surface area contributed by atoms with Gasteiger partial charge in [-0.1, -0.05) is 24.8 Å². The summed E-state index contributed by atoms with van der Waals surface area (Å²) >= 11 is 0. The number of hydrogen-bond acceptors (Lipinski definition) is 3. The molecule has 1 heterocycles. The summed E-state index contributed by atoms with van der Waals surface area (Å²) in [5.41, 5.74) is 1.43. The Morgan fingerprint density at radius 1 is 1.38 bits per heavy atom. The molecule has 0 unspecified atom stereocenters. The van der Waals surface area contributed by atoms with Gasteiger partial charge in [0.2, 0.25) is 0 Å². The first kappa shape index (κ1) is 10.4. The summed E-state index contributed by atoms with van der Waals surface area (Å²) in [6, 6.07) is 9.26. The van der Waals surface area contributed by atoms with Crippen LogP contribution in [0.2, 0.25) is 0 Å². The second-order valence-electron chi connectivity index (χ2n) is 3.36. The maximum atomic E-state index is 10.9. The first-order valence-electron chi connectivity index (χ1n) is 4.91. The van der Waals surface area contributed by atoms with Gasteiger partial charge in [0.25, 0.3) is 0 Å². The maximum Gasteiger partial charge on any atom is 0.308 e. The summed E-state index contributed by atoms with van der Waals surface area (Å²) in [5, 5.41) is 0.935. The minimum atomic E-state index is -0.349. The predicted molar refractivity (Wildman–Crippen MR) is 63.1 cm³/mol. The predicted octanol–water partition coefficient (Wildman–Crippen LogP) is 2.80. The molecule has 0 aliphatic heterocycles. The van der Waals surface area contributed by atoms with Crippen molar-refractivity contribution in [3.05, 3.63) is 42.6 Å². The SMILES string of the molecule is C=Cc1ccc2cccc(OC(C)=O)c2n1. The van der Waals surface area contributed by atoms with Crippen LogP contribution in [0, 0.1) is 0 Å². The van der Waals surface area contributed by atoms with E-state index in [-0.39, 0.29) is 5.97 Å². The Morgan fingerprint density at radius 3 is 2.88 bits per heavy atom. The van der Waals surface area contributed by atoms with Gasteiger partial charge < -0.3 is 4.74 Å².